The van der Waals surface area contributed by atoms with Crippen molar-refractivity contribution in [1.29, 1.82) is 0 Å². The van der Waals surface area contributed by atoms with Crippen LogP contribution >= 0.6 is 0 Å². The second-order valence-electron chi connectivity index (χ2n) is 5.97. The lowest BCUT2D eigenvalue weighted by atomic mass is 9.94. The Labute approximate surface area is 121 Å². The van der Waals surface area contributed by atoms with E-state index in [1.165, 1.54) is 46.4 Å². The Balaban J connectivity index is 2.13. The average Bonchev–Trinajstić information content (AvgIpc) is 3.03. The molecular formula is C17H23N3. The Morgan fingerprint density at radius 1 is 1.10 bits per heavy atom. The van der Waals surface area contributed by atoms with Crippen LogP contribution in [-0.2, 0) is 7.05 Å². The third kappa shape index (κ3) is 2.16. The summed E-state index contributed by atoms with van der Waals surface area (Å²) in [5.74, 6) is 0. The second kappa shape index (κ2) is 5.06. The maximum atomic E-state index is 4.51. The lowest BCUT2D eigenvalue weighted by Crippen LogP contribution is -2.17. The summed E-state index contributed by atoms with van der Waals surface area (Å²) in [6, 6.07) is 5.03. The summed E-state index contributed by atoms with van der Waals surface area (Å²) in [6.07, 6.45) is 4.48. The van der Waals surface area contributed by atoms with Crippen LogP contribution in [-0.4, -0.2) is 16.3 Å². The standard InChI is InChI=1S/C17H23N3/c1-11-8-13(3)14(9-12(11)2)15-10-19-20(4)17(15)16-6-5-7-18-16/h8-10,16,18H,5-7H2,1-4H3. The number of nitrogens with zero attached hydrogens (tertiary/aromatic N) is 2. The molecular weight excluding hydrogens is 246 g/mol. The van der Waals surface area contributed by atoms with E-state index in [9.17, 15) is 0 Å². The summed E-state index contributed by atoms with van der Waals surface area (Å²) < 4.78 is 2.03. The number of benzene rings is 1. The smallest absolute Gasteiger partial charge is 0.0628 e. The first-order chi connectivity index (χ1) is 9.58. The normalized spacial score (nSPS) is 18.7. The monoisotopic (exact) mass is 269 g/mol. The molecule has 0 bridgehead atoms. The van der Waals surface area contributed by atoms with Crippen molar-refractivity contribution in [1.82, 2.24) is 15.1 Å². The minimum atomic E-state index is 0.443. The SMILES string of the molecule is Cc1cc(C)c(-c2cnn(C)c2C2CCCN2)cc1C. The van der Waals surface area contributed by atoms with Gasteiger partial charge >= 0.3 is 0 Å². The molecule has 3 rings (SSSR count). The second-order valence-corrected chi connectivity index (χ2v) is 5.97. The highest BCUT2D eigenvalue weighted by Crippen LogP contribution is 2.34. The predicted molar refractivity (Wildman–Crippen MR) is 82.8 cm³/mol. The van der Waals surface area contributed by atoms with Crippen LogP contribution in [0.25, 0.3) is 11.1 Å². The molecule has 3 heteroatoms. The van der Waals surface area contributed by atoms with Gasteiger partial charge in [-0.1, -0.05) is 12.1 Å². The molecule has 0 radical (unpaired) electrons. The summed E-state index contributed by atoms with van der Waals surface area (Å²) in [7, 11) is 2.05. The van der Waals surface area contributed by atoms with Gasteiger partial charge in [0.15, 0.2) is 0 Å². The Bertz CT molecular complexity index is 634. The fourth-order valence-corrected chi connectivity index (χ4v) is 3.24. The molecule has 1 saturated heterocycles. The van der Waals surface area contributed by atoms with E-state index in [-0.39, 0.29) is 0 Å². The number of aryl methyl sites for hydroxylation is 4. The maximum Gasteiger partial charge on any atom is 0.0628 e. The molecule has 0 spiro atoms. The van der Waals surface area contributed by atoms with Crippen LogP contribution < -0.4 is 5.32 Å². The van der Waals surface area contributed by atoms with Gasteiger partial charge in [-0.2, -0.15) is 5.10 Å². The molecule has 1 aliphatic heterocycles. The van der Waals surface area contributed by atoms with Crippen molar-refractivity contribution in [3.05, 3.63) is 40.7 Å². The molecule has 1 aromatic carbocycles. The molecule has 106 valence electrons. The van der Waals surface area contributed by atoms with Gasteiger partial charge in [0, 0.05) is 18.7 Å². The van der Waals surface area contributed by atoms with Crippen LogP contribution in [0.2, 0.25) is 0 Å². The zero-order chi connectivity index (χ0) is 14.3. The summed E-state index contributed by atoms with van der Waals surface area (Å²) in [5.41, 5.74) is 7.97. The highest BCUT2D eigenvalue weighted by Gasteiger charge is 2.24. The van der Waals surface area contributed by atoms with Crippen molar-refractivity contribution in [3.8, 4) is 11.1 Å². The fourth-order valence-electron chi connectivity index (χ4n) is 3.24. The van der Waals surface area contributed by atoms with E-state index in [1.807, 2.05) is 10.9 Å². The molecule has 1 fully saturated rings. The minimum Gasteiger partial charge on any atom is -0.309 e. The Hall–Kier alpha value is -1.61. The number of hydrogen-bond donors (Lipinski definition) is 1. The summed E-state index contributed by atoms with van der Waals surface area (Å²) >= 11 is 0. The molecule has 2 aromatic rings. The van der Waals surface area contributed by atoms with Gasteiger partial charge in [0.25, 0.3) is 0 Å². The molecule has 1 N–H and O–H groups in total. The highest BCUT2D eigenvalue weighted by molar-refractivity contribution is 5.71. The van der Waals surface area contributed by atoms with E-state index in [2.05, 4.69) is 50.4 Å². The molecule has 1 aromatic heterocycles. The van der Waals surface area contributed by atoms with Gasteiger partial charge < -0.3 is 5.32 Å². The number of aromatic nitrogens is 2. The van der Waals surface area contributed by atoms with E-state index >= 15 is 0 Å². The Kier molecular flexibility index (Phi) is 3.38. The fraction of sp³-hybridized carbons (Fsp3) is 0.471. The topological polar surface area (TPSA) is 29.9 Å². The van der Waals surface area contributed by atoms with Crippen LogP contribution in [0.3, 0.4) is 0 Å². The van der Waals surface area contributed by atoms with Crippen LogP contribution in [0.5, 0.6) is 0 Å². The Morgan fingerprint density at radius 2 is 1.85 bits per heavy atom. The van der Waals surface area contributed by atoms with Crippen molar-refractivity contribution in [2.45, 2.75) is 39.7 Å². The van der Waals surface area contributed by atoms with Gasteiger partial charge in [0.1, 0.15) is 0 Å². The molecule has 1 unspecified atom stereocenters. The summed E-state index contributed by atoms with van der Waals surface area (Å²) in [5, 5.41) is 8.10. The largest absolute Gasteiger partial charge is 0.309 e. The first-order valence-corrected chi connectivity index (χ1v) is 7.41. The van der Waals surface area contributed by atoms with Gasteiger partial charge in [-0.15, -0.1) is 0 Å². The molecule has 0 aliphatic carbocycles. The van der Waals surface area contributed by atoms with Crippen LogP contribution in [0.15, 0.2) is 18.3 Å². The molecule has 1 atom stereocenters. The third-order valence-corrected chi connectivity index (χ3v) is 4.51. The van der Waals surface area contributed by atoms with Crippen LogP contribution in [0.4, 0.5) is 0 Å². The lowest BCUT2D eigenvalue weighted by molar-refractivity contribution is 0.575. The van der Waals surface area contributed by atoms with Gasteiger partial charge in [-0.25, -0.2) is 0 Å². The number of nitrogens with one attached hydrogen (secondary N) is 1. The van der Waals surface area contributed by atoms with Crippen molar-refractivity contribution in [3.63, 3.8) is 0 Å². The van der Waals surface area contributed by atoms with Crippen molar-refractivity contribution in [2.24, 2.45) is 7.05 Å². The van der Waals surface area contributed by atoms with Crippen LogP contribution in [0, 0.1) is 20.8 Å². The molecule has 0 amide bonds. The van der Waals surface area contributed by atoms with E-state index in [0.29, 0.717) is 6.04 Å². The molecule has 0 saturated carbocycles. The van der Waals surface area contributed by atoms with Crippen LogP contribution in [0.1, 0.15) is 41.3 Å². The van der Waals surface area contributed by atoms with Crippen molar-refractivity contribution >= 4 is 0 Å². The van der Waals surface area contributed by atoms with Gasteiger partial charge in [0.05, 0.1) is 11.9 Å². The van der Waals surface area contributed by atoms with E-state index in [0.717, 1.165) is 6.54 Å². The van der Waals surface area contributed by atoms with Gasteiger partial charge in [0.2, 0.25) is 0 Å². The van der Waals surface area contributed by atoms with E-state index in [4.69, 9.17) is 0 Å². The first kappa shape index (κ1) is 13.4. The van der Waals surface area contributed by atoms with Crippen molar-refractivity contribution in [2.75, 3.05) is 6.54 Å². The highest BCUT2D eigenvalue weighted by atomic mass is 15.3. The summed E-state index contributed by atoms with van der Waals surface area (Å²) in [4.78, 5) is 0. The van der Waals surface area contributed by atoms with Crippen molar-refractivity contribution < 1.29 is 0 Å². The van der Waals surface area contributed by atoms with E-state index < -0.39 is 0 Å². The van der Waals surface area contributed by atoms with E-state index in [1.54, 1.807) is 0 Å². The first-order valence-electron chi connectivity index (χ1n) is 7.41. The predicted octanol–water partition coefficient (Wildman–Crippen LogP) is 3.44. The van der Waals surface area contributed by atoms with Gasteiger partial charge in [-0.3, -0.25) is 4.68 Å². The zero-order valence-electron chi connectivity index (χ0n) is 12.8. The minimum absolute atomic E-state index is 0.443. The molecule has 20 heavy (non-hydrogen) atoms. The summed E-state index contributed by atoms with van der Waals surface area (Å²) in [6.45, 7) is 7.67. The van der Waals surface area contributed by atoms with Gasteiger partial charge in [-0.05, 0) is 62.4 Å². The average molecular weight is 269 g/mol. The quantitative estimate of drug-likeness (QED) is 0.905. The lowest BCUT2D eigenvalue weighted by Gasteiger charge is -2.16. The maximum absolute atomic E-state index is 4.51. The Morgan fingerprint density at radius 3 is 2.55 bits per heavy atom. The zero-order valence-corrected chi connectivity index (χ0v) is 12.8. The molecule has 1 aliphatic rings. The number of hydrogen-bond acceptors (Lipinski definition) is 2. The third-order valence-electron chi connectivity index (χ3n) is 4.51. The number of rotatable bonds is 2. The molecule has 2 heterocycles. The molecule has 3 nitrogen and oxygen atoms in total.